The largest absolute Gasteiger partial charge is 0.350 e. The number of rotatable bonds is 7. The molecule has 0 radical (unpaired) electrons. The Balaban J connectivity index is 0.00000200. The van der Waals surface area contributed by atoms with E-state index in [0.29, 0.717) is 17.7 Å². The minimum absolute atomic E-state index is 0. The summed E-state index contributed by atoms with van der Waals surface area (Å²) in [5.41, 5.74) is 6.39. The molecule has 1 aromatic heterocycles. The minimum Gasteiger partial charge on any atom is -0.350 e. The molecule has 2 rings (SSSR count). The molecule has 114 valence electrons. The number of nitrogens with one attached hydrogen (secondary N) is 1. The molecule has 1 fully saturated rings. The number of hydrogen-bond donors (Lipinski definition) is 2. The van der Waals surface area contributed by atoms with Gasteiger partial charge in [0.15, 0.2) is 0 Å². The van der Waals surface area contributed by atoms with Crippen LogP contribution in [0.2, 0.25) is 0 Å². The van der Waals surface area contributed by atoms with E-state index in [1.807, 2.05) is 5.38 Å². The monoisotopic (exact) mass is 317 g/mol. The molecular formula is C14H24ClN3OS. The van der Waals surface area contributed by atoms with Gasteiger partial charge in [0, 0.05) is 18.3 Å². The lowest BCUT2D eigenvalue weighted by Crippen LogP contribution is -2.42. The molecule has 1 aliphatic rings. The van der Waals surface area contributed by atoms with Crippen LogP contribution in [-0.4, -0.2) is 24.0 Å². The normalized spacial score (nSPS) is 16.1. The second kappa shape index (κ2) is 7.96. The zero-order valence-corrected chi connectivity index (χ0v) is 13.6. The Morgan fingerprint density at radius 2 is 2.30 bits per heavy atom. The summed E-state index contributed by atoms with van der Waals surface area (Å²) in [5.74, 6) is -0.0399. The third-order valence-corrected chi connectivity index (χ3v) is 4.87. The van der Waals surface area contributed by atoms with Crippen molar-refractivity contribution >= 4 is 29.7 Å². The highest BCUT2D eigenvalue weighted by atomic mass is 35.5. The molecule has 0 spiro atoms. The van der Waals surface area contributed by atoms with Crippen LogP contribution < -0.4 is 11.1 Å². The summed E-state index contributed by atoms with van der Waals surface area (Å²) in [5, 5.41) is 5.83. The van der Waals surface area contributed by atoms with Crippen molar-refractivity contribution in [1.29, 1.82) is 0 Å². The molecule has 1 saturated carbocycles. The Morgan fingerprint density at radius 3 is 2.85 bits per heavy atom. The van der Waals surface area contributed by atoms with Gasteiger partial charge in [-0.3, -0.25) is 4.79 Å². The lowest BCUT2D eigenvalue weighted by atomic mass is 9.66. The molecule has 1 aromatic rings. The van der Waals surface area contributed by atoms with Crippen LogP contribution >= 0.6 is 23.7 Å². The van der Waals surface area contributed by atoms with Crippen molar-refractivity contribution in [3.8, 4) is 0 Å². The fourth-order valence-corrected chi connectivity index (χ4v) is 3.53. The van der Waals surface area contributed by atoms with E-state index in [9.17, 15) is 4.79 Å². The highest BCUT2D eigenvalue weighted by Gasteiger charge is 2.36. The molecule has 4 nitrogen and oxygen atoms in total. The van der Waals surface area contributed by atoms with Gasteiger partial charge in [-0.2, -0.15) is 0 Å². The van der Waals surface area contributed by atoms with Crippen LogP contribution in [-0.2, 0) is 6.42 Å². The van der Waals surface area contributed by atoms with Gasteiger partial charge in [-0.05, 0) is 31.2 Å². The SMILES string of the molecule is CCCC1(CNC(=O)c2csc(CCN)n2)CCC1.Cl. The van der Waals surface area contributed by atoms with Gasteiger partial charge in [0.25, 0.3) is 5.91 Å². The van der Waals surface area contributed by atoms with E-state index in [-0.39, 0.29) is 18.3 Å². The number of halogens is 1. The van der Waals surface area contributed by atoms with E-state index in [4.69, 9.17) is 5.73 Å². The quantitative estimate of drug-likeness (QED) is 0.812. The lowest BCUT2D eigenvalue weighted by Gasteiger charge is -2.42. The third kappa shape index (κ3) is 4.17. The van der Waals surface area contributed by atoms with Crippen molar-refractivity contribution < 1.29 is 4.79 Å². The van der Waals surface area contributed by atoms with E-state index in [1.54, 1.807) is 0 Å². The number of hydrogen-bond acceptors (Lipinski definition) is 4. The maximum absolute atomic E-state index is 12.1. The summed E-state index contributed by atoms with van der Waals surface area (Å²) in [6, 6.07) is 0. The molecule has 6 heteroatoms. The van der Waals surface area contributed by atoms with Gasteiger partial charge >= 0.3 is 0 Å². The standard InChI is InChI=1S/C14H23N3OS.ClH/c1-2-5-14(6-3-7-14)10-16-13(18)11-9-19-12(17-11)4-8-15;/h9H,2-8,10,15H2,1H3,(H,16,18);1H. The number of amides is 1. The third-order valence-electron chi connectivity index (χ3n) is 3.96. The number of thiazole rings is 1. The van der Waals surface area contributed by atoms with Crippen LogP contribution in [0, 0.1) is 5.41 Å². The molecule has 0 bridgehead atoms. The van der Waals surface area contributed by atoms with Crippen LogP contribution in [0.5, 0.6) is 0 Å². The zero-order chi connectivity index (χ0) is 13.7. The zero-order valence-electron chi connectivity index (χ0n) is 12.0. The van der Waals surface area contributed by atoms with Crippen LogP contribution in [0.3, 0.4) is 0 Å². The van der Waals surface area contributed by atoms with Crippen molar-refractivity contribution in [3.05, 3.63) is 16.1 Å². The predicted octanol–water partition coefficient (Wildman–Crippen LogP) is 2.77. The maximum atomic E-state index is 12.1. The van der Waals surface area contributed by atoms with Crippen molar-refractivity contribution in [2.24, 2.45) is 11.1 Å². The Bertz CT molecular complexity index is 432. The Morgan fingerprint density at radius 1 is 1.55 bits per heavy atom. The number of nitrogens with two attached hydrogens (primary N) is 1. The Labute approximate surface area is 131 Å². The first-order chi connectivity index (χ1) is 9.19. The van der Waals surface area contributed by atoms with E-state index in [0.717, 1.165) is 18.0 Å². The summed E-state index contributed by atoms with van der Waals surface area (Å²) in [7, 11) is 0. The topological polar surface area (TPSA) is 68.0 Å². The highest BCUT2D eigenvalue weighted by molar-refractivity contribution is 7.09. The minimum atomic E-state index is -0.0399. The van der Waals surface area contributed by atoms with Crippen molar-refractivity contribution in [2.45, 2.75) is 45.4 Å². The summed E-state index contributed by atoms with van der Waals surface area (Å²) >= 11 is 1.51. The van der Waals surface area contributed by atoms with E-state index in [1.165, 1.54) is 43.4 Å². The maximum Gasteiger partial charge on any atom is 0.270 e. The molecule has 0 atom stereocenters. The molecule has 1 aliphatic carbocycles. The first kappa shape index (κ1) is 17.4. The number of carbonyl (C=O) groups excluding carboxylic acids is 1. The van der Waals surface area contributed by atoms with Gasteiger partial charge in [-0.25, -0.2) is 4.98 Å². The number of nitrogens with zero attached hydrogens (tertiary/aromatic N) is 1. The second-order valence-corrected chi connectivity index (χ2v) is 6.39. The molecule has 0 unspecified atom stereocenters. The number of carbonyl (C=O) groups is 1. The Hall–Kier alpha value is -0.650. The average molecular weight is 318 g/mol. The fourth-order valence-electron chi connectivity index (χ4n) is 2.73. The first-order valence-corrected chi connectivity index (χ1v) is 8.00. The van der Waals surface area contributed by atoms with Gasteiger partial charge in [-0.15, -0.1) is 23.7 Å². The molecule has 1 heterocycles. The van der Waals surface area contributed by atoms with Crippen molar-refractivity contribution in [1.82, 2.24) is 10.3 Å². The van der Waals surface area contributed by atoms with E-state index < -0.39 is 0 Å². The molecule has 20 heavy (non-hydrogen) atoms. The highest BCUT2D eigenvalue weighted by Crippen LogP contribution is 2.44. The summed E-state index contributed by atoms with van der Waals surface area (Å²) in [4.78, 5) is 16.4. The predicted molar refractivity (Wildman–Crippen MR) is 85.6 cm³/mol. The van der Waals surface area contributed by atoms with Gasteiger partial charge in [0.05, 0.1) is 5.01 Å². The van der Waals surface area contributed by atoms with Gasteiger partial charge in [0.1, 0.15) is 5.69 Å². The number of aromatic nitrogens is 1. The summed E-state index contributed by atoms with van der Waals surface area (Å²) in [6.07, 6.45) is 6.94. The summed E-state index contributed by atoms with van der Waals surface area (Å²) in [6.45, 7) is 3.58. The summed E-state index contributed by atoms with van der Waals surface area (Å²) < 4.78 is 0. The average Bonchev–Trinajstić information content (AvgIpc) is 2.81. The van der Waals surface area contributed by atoms with Gasteiger partial charge < -0.3 is 11.1 Å². The molecular weight excluding hydrogens is 294 g/mol. The van der Waals surface area contributed by atoms with Gasteiger partial charge in [-0.1, -0.05) is 19.8 Å². The van der Waals surface area contributed by atoms with Crippen LogP contribution in [0.25, 0.3) is 0 Å². The van der Waals surface area contributed by atoms with E-state index >= 15 is 0 Å². The second-order valence-electron chi connectivity index (χ2n) is 5.45. The van der Waals surface area contributed by atoms with Crippen LogP contribution in [0.4, 0.5) is 0 Å². The van der Waals surface area contributed by atoms with Gasteiger partial charge in [0.2, 0.25) is 0 Å². The smallest absolute Gasteiger partial charge is 0.270 e. The Kier molecular flexibility index (Phi) is 6.92. The van der Waals surface area contributed by atoms with Crippen molar-refractivity contribution in [2.75, 3.05) is 13.1 Å². The molecule has 0 aliphatic heterocycles. The molecule has 3 N–H and O–H groups in total. The fraction of sp³-hybridized carbons (Fsp3) is 0.714. The first-order valence-electron chi connectivity index (χ1n) is 7.12. The van der Waals surface area contributed by atoms with Crippen LogP contribution in [0.15, 0.2) is 5.38 Å². The lowest BCUT2D eigenvalue weighted by molar-refractivity contribution is 0.0828. The van der Waals surface area contributed by atoms with Crippen molar-refractivity contribution in [3.63, 3.8) is 0 Å². The molecule has 0 aromatic carbocycles. The molecule has 1 amide bonds. The van der Waals surface area contributed by atoms with Crippen LogP contribution in [0.1, 0.15) is 54.5 Å². The van der Waals surface area contributed by atoms with E-state index in [2.05, 4.69) is 17.2 Å². The molecule has 0 saturated heterocycles.